The lowest BCUT2D eigenvalue weighted by atomic mass is 10.2. The molecule has 0 aliphatic heterocycles. The molecule has 1 atom stereocenters. The van der Waals surface area contributed by atoms with E-state index in [-0.39, 0.29) is 0 Å². The van der Waals surface area contributed by atoms with Gasteiger partial charge in [-0.3, -0.25) is 0 Å². The lowest BCUT2D eigenvalue weighted by Crippen LogP contribution is -2.27. The third kappa shape index (κ3) is 5.49. The van der Waals surface area contributed by atoms with Crippen molar-refractivity contribution in [2.45, 2.75) is 44.0 Å². The summed E-state index contributed by atoms with van der Waals surface area (Å²) < 4.78 is 1.09. The molecule has 1 aromatic rings. The van der Waals surface area contributed by atoms with Crippen molar-refractivity contribution in [2.75, 3.05) is 12.3 Å². The van der Waals surface area contributed by atoms with Crippen molar-refractivity contribution in [3.05, 3.63) is 5.01 Å². The fourth-order valence-corrected chi connectivity index (χ4v) is 3.16. The minimum Gasteiger partial charge on any atom is -0.314 e. The summed E-state index contributed by atoms with van der Waals surface area (Å²) in [6.07, 6.45) is 2.39. The Hall–Kier alpha value is -0.130. The Labute approximate surface area is 100 Å². The van der Waals surface area contributed by atoms with Gasteiger partial charge in [-0.05, 0) is 33.2 Å². The number of rotatable bonds is 7. The predicted molar refractivity (Wildman–Crippen MR) is 67.7 cm³/mol. The fourth-order valence-electron chi connectivity index (χ4n) is 1.15. The normalized spacial score (nSPS) is 13.0. The molecule has 5 heteroatoms. The van der Waals surface area contributed by atoms with Crippen LogP contribution < -0.4 is 5.32 Å². The molecule has 0 spiro atoms. The van der Waals surface area contributed by atoms with Gasteiger partial charge in [-0.15, -0.1) is 10.2 Å². The van der Waals surface area contributed by atoms with Gasteiger partial charge in [0.1, 0.15) is 5.01 Å². The molecular weight excluding hydrogens is 226 g/mol. The Kier molecular flexibility index (Phi) is 6.20. The van der Waals surface area contributed by atoms with Gasteiger partial charge in [0.25, 0.3) is 0 Å². The highest BCUT2D eigenvalue weighted by atomic mass is 32.2. The summed E-state index contributed by atoms with van der Waals surface area (Å²) in [5, 5.41) is 12.6. The summed E-state index contributed by atoms with van der Waals surface area (Å²) in [5.74, 6) is 1.12. The lowest BCUT2D eigenvalue weighted by molar-refractivity contribution is 0.536. The first-order chi connectivity index (χ1) is 7.22. The summed E-state index contributed by atoms with van der Waals surface area (Å²) in [7, 11) is 0. The molecule has 0 radical (unpaired) electrons. The van der Waals surface area contributed by atoms with Crippen LogP contribution in [0, 0.1) is 6.92 Å². The SMILES string of the molecule is CCCNC(C)CCSc1nnc(C)s1. The monoisotopic (exact) mass is 245 g/mol. The van der Waals surface area contributed by atoms with Crippen LogP contribution in [0.2, 0.25) is 0 Å². The first-order valence-corrected chi connectivity index (χ1v) is 7.19. The molecule has 1 aromatic heterocycles. The van der Waals surface area contributed by atoms with E-state index >= 15 is 0 Å². The van der Waals surface area contributed by atoms with Crippen molar-refractivity contribution in [1.29, 1.82) is 0 Å². The minimum absolute atomic E-state index is 0.603. The van der Waals surface area contributed by atoms with E-state index in [2.05, 4.69) is 29.4 Å². The highest BCUT2D eigenvalue weighted by molar-refractivity contribution is 8.01. The number of thioether (sulfide) groups is 1. The summed E-state index contributed by atoms with van der Waals surface area (Å²) >= 11 is 3.49. The van der Waals surface area contributed by atoms with Crippen LogP contribution in [0.3, 0.4) is 0 Å². The molecule has 1 unspecified atom stereocenters. The molecule has 0 fully saturated rings. The van der Waals surface area contributed by atoms with Gasteiger partial charge in [-0.1, -0.05) is 30.0 Å². The lowest BCUT2D eigenvalue weighted by Gasteiger charge is -2.11. The maximum absolute atomic E-state index is 4.09. The molecule has 86 valence electrons. The average molecular weight is 245 g/mol. The molecule has 0 saturated heterocycles. The Bertz CT molecular complexity index is 275. The minimum atomic E-state index is 0.603. The summed E-state index contributed by atoms with van der Waals surface area (Å²) in [5.41, 5.74) is 0. The molecule has 1 N–H and O–H groups in total. The highest BCUT2D eigenvalue weighted by Gasteiger charge is 2.03. The second-order valence-corrected chi connectivity index (χ2v) is 6.10. The van der Waals surface area contributed by atoms with E-state index in [9.17, 15) is 0 Å². The Balaban J connectivity index is 2.10. The van der Waals surface area contributed by atoms with Gasteiger partial charge in [0, 0.05) is 11.8 Å². The van der Waals surface area contributed by atoms with Gasteiger partial charge in [0.05, 0.1) is 0 Å². The Morgan fingerprint density at radius 3 is 2.87 bits per heavy atom. The van der Waals surface area contributed by atoms with E-state index in [1.807, 2.05) is 18.7 Å². The topological polar surface area (TPSA) is 37.8 Å². The van der Waals surface area contributed by atoms with Crippen molar-refractivity contribution < 1.29 is 0 Å². The molecule has 1 heterocycles. The third-order valence-corrected chi connectivity index (χ3v) is 4.03. The van der Waals surface area contributed by atoms with Crippen LogP contribution in [0.15, 0.2) is 4.34 Å². The summed E-state index contributed by atoms with van der Waals surface area (Å²) in [6, 6.07) is 0.603. The fraction of sp³-hybridized carbons (Fsp3) is 0.800. The molecule has 0 bridgehead atoms. The van der Waals surface area contributed by atoms with E-state index < -0.39 is 0 Å². The second kappa shape index (κ2) is 7.19. The molecule has 0 aromatic carbocycles. The Morgan fingerprint density at radius 2 is 2.27 bits per heavy atom. The summed E-state index contributed by atoms with van der Waals surface area (Å²) in [6.45, 7) is 7.54. The van der Waals surface area contributed by atoms with Crippen molar-refractivity contribution in [2.24, 2.45) is 0 Å². The van der Waals surface area contributed by atoms with Crippen molar-refractivity contribution in [3.8, 4) is 0 Å². The van der Waals surface area contributed by atoms with E-state index in [0.29, 0.717) is 6.04 Å². The predicted octanol–water partition coefficient (Wildman–Crippen LogP) is 2.72. The number of aryl methyl sites for hydroxylation is 1. The second-order valence-electron chi connectivity index (χ2n) is 3.58. The molecule has 15 heavy (non-hydrogen) atoms. The number of nitrogens with zero attached hydrogens (tertiary/aromatic N) is 2. The van der Waals surface area contributed by atoms with Gasteiger partial charge in [0.15, 0.2) is 4.34 Å². The smallest absolute Gasteiger partial charge is 0.174 e. The highest BCUT2D eigenvalue weighted by Crippen LogP contribution is 2.22. The maximum atomic E-state index is 4.09. The zero-order valence-electron chi connectivity index (χ0n) is 9.62. The number of aromatic nitrogens is 2. The van der Waals surface area contributed by atoms with Crippen LogP contribution in [-0.4, -0.2) is 28.5 Å². The van der Waals surface area contributed by atoms with Gasteiger partial charge < -0.3 is 5.32 Å². The van der Waals surface area contributed by atoms with E-state index in [4.69, 9.17) is 0 Å². The first kappa shape index (κ1) is 12.9. The summed E-state index contributed by atoms with van der Waals surface area (Å²) in [4.78, 5) is 0. The molecule has 0 aliphatic rings. The maximum Gasteiger partial charge on any atom is 0.174 e. The standard InChI is InChI=1S/C10H19N3S2/c1-4-6-11-8(2)5-7-14-10-13-12-9(3)15-10/h8,11H,4-7H2,1-3H3. The van der Waals surface area contributed by atoms with E-state index in [1.165, 1.54) is 12.8 Å². The molecule has 0 amide bonds. The number of hydrogen-bond donors (Lipinski definition) is 1. The molecule has 0 saturated carbocycles. The van der Waals surface area contributed by atoms with Crippen molar-refractivity contribution in [1.82, 2.24) is 15.5 Å². The zero-order valence-corrected chi connectivity index (χ0v) is 11.2. The van der Waals surface area contributed by atoms with Gasteiger partial charge in [-0.2, -0.15) is 0 Å². The number of hydrogen-bond acceptors (Lipinski definition) is 5. The van der Waals surface area contributed by atoms with Gasteiger partial charge in [-0.25, -0.2) is 0 Å². The van der Waals surface area contributed by atoms with E-state index in [1.54, 1.807) is 11.3 Å². The van der Waals surface area contributed by atoms with Crippen molar-refractivity contribution >= 4 is 23.1 Å². The average Bonchev–Trinajstić information content (AvgIpc) is 2.61. The van der Waals surface area contributed by atoms with Crippen LogP contribution in [0.5, 0.6) is 0 Å². The zero-order chi connectivity index (χ0) is 11.1. The number of nitrogens with one attached hydrogen (secondary N) is 1. The molecular formula is C10H19N3S2. The quantitative estimate of drug-likeness (QED) is 0.750. The van der Waals surface area contributed by atoms with Crippen LogP contribution in [0.1, 0.15) is 31.7 Å². The van der Waals surface area contributed by atoms with Crippen LogP contribution in [0.25, 0.3) is 0 Å². The molecule has 0 aliphatic carbocycles. The molecule has 3 nitrogen and oxygen atoms in total. The van der Waals surface area contributed by atoms with Crippen molar-refractivity contribution in [3.63, 3.8) is 0 Å². The van der Waals surface area contributed by atoms with Gasteiger partial charge >= 0.3 is 0 Å². The van der Waals surface area contributed by atoms with Crippen LogP contribution >= 0.6 is 23.1 Å². The van der Waals surface area contributed by atoms with Crippen LogP contribution in [-0.2, 0) is 0 Å². The largest absolute Gasteiger partial charge is 0.314 e. The first-order valence-electron chi connectivity index (χ1n) is 5.38. The Morgan fingerprint density at radius 1 is 1.47 bits per heavy atom. The van der Waals surface area contributed by atoms with Gasteiger partial charge in [0.2, 0.25) is 0 Å². The van der Waals surface area contributed by atoms with Crippen LogP contribution in [0.4, 0.5) is 0 Å². The van der Waals surface area contributed by atoms with E-state index in [0.717, 1.165) is 21.6 Å². The molecule has 1 rings (SSSR count). The third-order valence-electron chi connectivity index (χ3n) is 2.03.